The lowest BCUT2D eigenvalue weighted by atomic mass is 10.1. The number of hydrogen-bond donors (Lipinski definition) is 0. The Morgan fingerprint density at radius 1 is 1.31 bits per heavy atom. The van der Waals surface area contributed by atoms with Crippen molar-refractivity contribution in [2.45, 2.75) is 24.5 Å². The number of carbonyl (C=O) groups excluding carboxylic acids is 1. The quantitative estimate of drug-likeness (QED) is 0.319. The standard InChI is InChI=1S/C17H22NO5PS2/c1-17(13-18,26-16(25)14-7-5-4-6-8-14)10-9-15(19)23-11-12-24(20,21-2)22-3/h4-8H,9-12H2,1-3H3. The van der Waals surface area contributed by atoms with Crippen molar-refractivity contribution in [1.29, 1.82) is 5.26 Å². The molecule has 0 amide bonds. The second kappa shape index (κ2) is 10.8. The number of nitrogens with zero attached hydrogens (tertiary/aromatic N) is 1. The van der Waals surface area contributed by atoms with Crippen molar-refractivity contribution in [2.24, 2.45) is 0 Å². The number of thioether (sulfide) groups is 1. The number of benzene rings is 1. The molecule has 1 aromatic rings. The third kappa shape index (κ3) is 7.56. The third-order valence-electron chi connectivity index (χ3n) is 3.55. The van der Waals surface area contributed by atoms with Crippen LogP contribution >= 0.6 is 31.6 Å². The van der Waals surface area contributed by atoms with Gasteiger partial charge in [0.25, 0.3) is 0 Å². The van der Waals surface area contributed by atoms with Gasteiger partial charge < -0.3 is 13.8 Å². The highest BCUT2D eigenvalue weighted by molar-refractivity contribution is 8.24. The zero-order valence-electron chi connectivity index (χ0n) is 15.0. The summed E-state index contributed by atoms with van der Waals surface area (Å²) in [5.41, 5.74) is 0.867. The molecule has 1 rings (SSSR count). The van der Waals surface area contributed by atoms with Crippen LogP contribution in [0.25, 0.3) is 0 Å². The Balaban J connectivity index is 2.49. The molecule has 0 aliphatic carbocycles. The van der Waals surface area contributed by atoms with Crippen LogP contribution in [0.4, 0.5) is 0 Å². The monoisotopic (exact) mass is 415 g/mol. The van der Waals surface area contributed by atoms with Crippen molar-refractivity contribution in [3.8, 4) is 6.07 Å². The first-order valence-corrected chi connectivity index (χ1v) is 10.8. The average molecular weight is 415 g/mol. The molecular weight excluding hydrogens is 393 g/mol. The van der Waals surface area contributed by atoms with Gasteiger partial charge in [-0.1, -0.05) is 54.3 Å². The normalized spacial score (nSPS) is 13.5. The van der Waals surface area contributed by atoms with Crippen molar-refractivity contribution >= 4 is 41.7 Å². The van der Waals surface area contributed by atoms with E-state index in [4.69, 9.17) is 26.0 Å². The lowest BCUT2D eigenvalue weighted by Gasteiger charge is -2.21. The maximum atomic E-state index is 11.9. The summed E-state index contributed by atoms with van der Waals surface area (Å²) in [7, 11) is -0.648. The predicted molar refractivity (Wildman–Crippen MR) is 106 cm³/mol. The van der Waals surface area contributed by atoms with Gasteiger partial charge in [0.1, 0.15) is 11.4 Å². The molecule has 0 saturated heterocycles. The summed E-state index contributed by atoms with van der Waals surface area (Å²) in [4.78, 5) is 11.9. The Hall–Kier alpha value is -1.23. The van der Waals surface area contributed by atoms with E-state index >= 15 is 0 Å². The van der Waals surface area contributed by atoms with Crippen molar-refractivity contribution in [2.75, 3.05) is 27.0 Å². The zero-order chi connectivity index (χ0) is 19.6. The molecule has 142 valence electrons. The molecule has 9 heteroatoms. The number of nitriles is 1. The van der Waals surface area contributed by atoms with Crippen LogP contribution in [-0.2, 0) is 23.1 Å². The molecule has 0 heterocycles. The van der Waals surface area contributed by atoms with E-state index in [1.54, 1.807) is 6.92 Å². The van der Waals surface area contributed by atoms with Crippen LogP contribution in [-0.4, -0.2) is 41.9 Å². The molecule has 1 atom stereocenters. The summed E-state index contributed by atoms with van der Waals surface area (Å²) in [6.07, 6.45) is 0.318. The van der Waals surface area contributed by atoms with Gasteiger partial charge >= 0.3 is 13.6 Å². The smallest absolute Gasteiger partial charge is 0.333 e. The Morgan fingerprint density at radius 2 is 1.92 bits per heavy atom. The predicted octanol–water partition coefficient (Wildman–Crippen LogP) is 4.19. The molecule has 1 aromatic carbocycles. The molecule has 0 fully saturated rings. The highest BCUT2D eigenvalue weighted by Crippen LogP contribution is 2.45. The summed E-state index contributed by atoms with van der Waals surface area (Å²) < 4.78 is 26.2. The van der Waals surface area contributed by atoms with Crippen LogP contribution in [0.5, 0.6) is 0 Å². The minimum Gasteiger partial charge on any atom is -0.465 e. The van der Waals surface area contributed by atoms with Gasteiger partial charge in [0.05, 0.1) is 16.4 Å². The lowest BCUT2D eigenvalue weighted by molar-refractivity contribution is -0.143. The highest BCUT2D eigenvalue weighted by atomic mass is 32.2. The summed E-state index contributed by atoms with van der Waals surface area (Å²) in [5.74, 6) is -0.475. The third-order valence-corrected chi connectivity index (χ3v) is 7.05. The van der Waals surface area contributed by atoms with E-state index < -0.39 is 18.3 Å². The molecule has 0 radical (unpaired) electrons. The first-order chi connectivity index (χ1) is 12.3. The van der Waals surface area contributed by atoms with Crippen LogP contribution in [0.1, 0.15) is 25.3 Å². The summed E-state index contributed by atoms with van der Waals surface area (Å²) in [6, 6.07) is 11.6. The summed E-state index contributed by atoms with van der Waals surface area (Å²) >= 11 is 6.64. The van der Waals surface area contributed by atoms with Gasteiger partial charge in [-0.05, 0) is 18.9 Å². The fourth-order valence-corrected chi connectivity index (χ4v) is 4.34. The second-order valence-electron chi connectivity index (χ2n) is 5.52. The van der Waals surface area contributed by atoms with Gasteiger partial charge in [0.15, 0.2) is 0 Å². The fourth-order valence-electron chi connectivity index (χ4n) is 1.91. The van der Waals surface area contributed by atoms with E-state index in [-0.39, 0.29) is 25.6 Å². The summed E-state index contributed by atoms with van der Waals surface area (Å²) in [5, 5.41) is 9.49. The Labute approximate surface area is 163 Å². The van der Waals surface area contributed by atoms with Crippen LogP contribution in [0.15, 0.2) is 30.3 Å². The SMILES string of the molecule is COP(=O)(CCOC(=O)CCC(C)(C#N)SC(=S)c1ccccc1)OC. The largest absolute Gasteiger partial charge is 0.465 e. The van der Waals surface area contributed by atoms with E-state index in [1.165, 1.54) is 26.0 Å². The van der Waals surface area contributed by atoms with Gasteiger partial charge in [-0.15, -0.1) is 0 Å². The molecular formula is C17H22NO5PS2. The minimum absolute atomic E-state index is 0.0197. The Kier molecular flexibility index (Phi) is 9.48. The summed E-state index contributed by atoms with van der Waals surface area (Å²) in [6.45, 7) is 1.67. The van der Waals surface area contributed by atoms with Crippen molar-refractivity contribution in [3.63, 3.8) is 0 Å². The van der Waals surface area contributed by atoms with Crippen molar-refractivity contribution < 1.29 is 23.1 Å². The fraction of sp³-hybridized carbons (Fsp3) is 0.471. The molecule has 0 aromatic heterocycles. The molecule has 0 aliphatic rings. The molecule has 0 saturated carbocycles. The molecule has 6 nitrogen and oxygen atoms in total. The number of carbonyl (C=O) groups is 1. The Morgan fingerprint density at radius 3 is 2.46 bits per heavy atom. The minimum atomic E-state index is -3.20. The van der Waals surface area contributed by atoms with E-state index in [0.29, 0.717) is 4.20 Å². The van der Waals surface area contributed by atoms with Crippen LogP contribution in [0.3, 0.4) is 0 Å². The first-order valence-electron chi connectivity index (χ1n) is 7.83. The van der Waals surface area contributed by atoms with Gasteiger partial charge in [-0.25, -0.2) is 0 Å². The molecule has 1 unspecified atom stereocenters. The average Bonchev–Trinajstić information content (AvgIpc) is 2.67. The maximum absolute atomic E-state index is 11.9. The van der Waals surface area contributed by atoms with Crippen molar-refractivity contribution in [1.82, 2.24) is 0 Å². The van der Waals surface area contributed by atoms with E-state index in [9.17, 15) is 14.6 Å². The topological polar surface area (TPSA) is 85.6 Å². The second-order valence-corrected chi connectivity index (χ2v) is 10.1. The van der Waals surface area contributed by atoms with Crippen LogP contribution in [0, 0.1) is 11.3 Å². The van der Waals surface area contributed by atoms with Crippen LogP contribution < -0.4 is 0 Å². The molecule has 0 spiro atoms. The lowest BCUT2D eigenvalue weighted by Crippen LogP contribution is -2.22. The van der Waals surface area contributed by atoms with E-state index in [1.807, 2.05) is 30.3 Å². The molecule has 0 N–H and O–H groups in total. The first kappa shape index (κ1) is 22.8. The molecule has 0 aliphatic heterocycles. The number of hydrogen-bond acceptors (Lipinski definition) is 8. The zero-order valence-corrected chi connectivity index (χ0v) is 17.5. The molecule has 0 bridgehead atoms. The van der Waals surface area contributed by atoms with Gasteiger partial charge in [0, 0.05) is 20.6 Å². The number of rotatable bonds is 10. The maximum Gasteiger partial charge on any atom is 0.333 e. The van der Waals surface area contributed by atoms with Crippen LogP contribution in [0.2, 0.25) is 0 Å². The van der Waals surface area contributed by atoms with Crippen molar-refractivity contribution in [3.05, 3.63) is 35.9 Å². The number of thiocarbonyl (C=S) groups is 1. The Bertz CT molecular complexity index is 699. The van der Waals surface area contributed by atoms with E-state index in [2.05, 4.69) is 6.07 Å². The highest BCUT2D eigenvalue weighted by Gasteiger charge is 2.28. The van der Waals surface area contributed by atoms with Gasteiger partial charge in [-0.3, -0.25) is 9.36 Å². The number of esters is 1. The van der Waals surface area contributed by atoms with E-state index in [0.717, 1.165) is 5.56 Å². The molecule has 26 heavy (non-hydrogen) atoms. The van der Waals surface area contributed by atoms with Gasteiger partial charge in [-0.2, -0.15) is 5.26 Å². The van der Waals surface area contributed by atoms with Gasteiger partial charge in [0.2, 0.25) is 0 Å². The number of ether oxygens (including phenoxy) is 1.